The molecular weight excluding hydrogens is 272 g/mol. The van der Waals surface area contributed by atoms with Crippen LogP contribution in [0.4, 0.5) is 5.69 Å². The molecule has 112 valence electrons. The van der Waals surface area contributed by atoms with Crippen molar-refractivity contribution in [2.45, 2.75) is 31.3 Å². The molecule has 2 aliphatic rings. The third-order valence-corrected chi connectivity index (χ3v) is 4.80. The number of likely N-dealkylation sites (tertiary alicyclic amines) is 1. The zero-order valence-corrected chi connectivity index (χ0v) is 12.5. The van der Waals surface area contributed by atoms with Crippen LogP contribution in [-0.2, 0) is 4.79 Å². The standard InChI is InChI=1S/C19H20N2O/c22-19-11-6-12-21(19)18-13-17(14-7-2-1-3-8-14)20-16-10-5-4-9-15(16)18/h1-5,7-10,17-18,20H,6,11-13H2/t17-,18+/m1/s1. The van der Waals surface area contributed by atoms with Gasteiger partial charge in [-0.25, -0.2) is 0 Å². The Morgan fingerprint density at radius 3 is 2.55 bits per heavy atom. The lowest BCUT2D eigenvalue weighted by atomic mass is 9.88. The summed E-state index contributed by atoms with van der Waals surface area (Å²) in [5.74, 6) is 0.300. The quantitative estimate of drug-likeness (QED) is 0.910. The number of rotatable bonds is 2. The summed E-state index contributed by atoms with van der Waals surface area (Å²) in [6.45, 7) is 0.888. The van der Waals surface area contributed by atoms with Crippen LogP contribution in [0.25, 0.3) is 0 Å². The third kappa shape index (κ3) is 2.27. The first-order valence-corrected chi connectivity index (χ1v) is 8.03. The Hall–Kier alpha value is -2.29. The van der Waals surface area contributed by atoms with Crippen molar-refractivity contribution in [3.05, 3.63) is 65.7 Å². The number of amides is 1. The fourth-order valence-corrected chi connectivity index (χ4v) is 3.71. The molecule has 2 aromatic carbocycles. The lowest BCUT2D eigenvalue weighted by Gasteiger charge is -2.38. The van der Waals surface area contributed by atoms with Gasteiger partial charge in [0, 0.05) is 18.7 Å². The van der Waals surface area contributed by atoms with Crippen molar-refractivity contribution in [2.75, 3.05) is 11.9 Å². The van der Waals surface area contributed by atoms with E-state index in [-0.39, 0.29) is 12.1 Å². The number of hydrogen-bond donors (Lipinski definition) is 1. The van der Waals surface area contributed by atoms with Crippen molar-refractivity contribution < 1.29 is 4.79 Å². The molecule has 2 aromatic rings. The fraction of sp³-hybridized carbons (Fsp3) is 0.316. The number of para-hydroxylation sites is 1. The second-order valence-corrected chi connectivity index (χ2v) is 6.14. The molecule has 0 unspecified atom stereocenters. The van der Waals surface area contributed by atoms with Gasteiger partial charge in [-0.2, -0.15) is 0 Å². The highest BCUT2D eigenvalue weighted by atomic mass is 16.2. The smallest absolute Gasteiger partial charge is 0.223 e. The number of anilines is 1. The number of benzene rings is 2. The molecule has 0 aliphatic carbocycles. The van der Waals surface area contributed by atoms with E-state index >= 15 is 0 Å². The summed E-state index contributed by atoms with van der Waals surface area (Å²) in [5, 5.41) is 3.64. The van der Waals surface area contributed by atoms with E-state index in [1.165, 1.54) is 11.1 Å². The molecule has 1 saturated heterocycles. The van der Waals surface area contributed by atoms with Gasteiger partial charge in [-0.3, -0.25) is 4.79 Å². The van der Waals surface area contributed by atoms with Crippen LogP contribution < -0.4 is 5.32 Å². The topological polar surface area (TPSA) is 32.3 Å². The van der Waals surface area contributed by atoms with Crippen LogP contribution in [0.1, 0.15) is 42.5 Å². The van der Waals surface area contributed by atoms with Crippen molar-refractivity contribution in [3.8, 4) is 0 Å². The van der Waals surface area contributed by atoms with Crippen LogP contribution in [0, 0.1) is 0 Å². The van der Waals surface area contributed by atoms with Gasteiger partial charge >= 0.3 is 0 Å². The number of carbonyl (C=O) groups is 1. The first-order valence-electron chi connectivity index (χ1n) is 8.03. The maximum absolute atomic E-state index is 12.2. The molecule has 0 bridgehead atoms. The van der Waals surface area contributed by atoms with E-state index in [4.69, 9.17) is 0 Å². The Balaban J connectivity index is 1.72. The Morgan fingerprint density at radius 2 is 1.77 bits per heavy atom. The van der Waals surface area contributed by atoms with Crippen molar-refractivity contribution in [1.82, 2.24) is 4.90 Å². The van der Waals surface area contributed by atoms with E-state index in [2.05, 4.69) is 58.7 Å². The van der Waals surface area contributed by atoms with Gasteiger partial charge in [-0.15, -0.1) is 0 Å². The number of nitrogens with zero attached hydrogens (tertiary/aromatic N) is 1. The molecule has 1 N–H and O–H groups in total. The normalized spacial score (nSPS) is 24.0. The average Bonchev–Trinajstić information content (AvgIpc) is 3.00. The van der Waals surface area contributed by atoms with Gasteiger partial charge < -0.3 is 10.2 Å². The van der Waals surface area contributed by atoms with E-state index in [0.29, 0.717) is 12.3 Å². The monoisotopic (exact) mass is 292 g/mol. The highest BCUT2D eigenvalue weighted by Crippen LogP contribution is 2.43. The van der Waals surface area contributed by atoms with E-state index in [1.807, 2.05) is 6.07 Å². The van der Waals surface area contributed by atoms with Crippen molar-refractivity contribution in [1.29, 1.82) is 0 Å². The number of nitrogens with one attached hydrogen (secondary N) is 1. The summed E-state index contributed by atoms with van der Waals surface area (Å²) in [5.41, 5.74) is 3.70. The summed E-state index contributed by atoms with van der Waals surface area (Å²) in [7, 11) is 0. The summed E-state index contributed by atoms with van der Waals surface area (Å²) >= 11 is 0. The molecule has 0 aromatic heterocycles. The highest BCUT2D eigenvalue weighted by molar-refractivity contribution is 5.79. The molecule has 0 radical (unpaired) electrons. The molecule has 0 saturated carbocycles. The average molecular weight is 292 g/mol. The SMILES string of the molecule is O=C1CCCN1[C@H]1C[C@H](c2ccccc2)Nc2ccccc21. The van der Waals surface area contributed by atoms with Crippen LogP contribution in [0.2, 0.25) is 0 Å². The minimum atomic E-state index is 0.192. The van der Waals surface area contributed by atoms with Crippen LogP contribution in [0.15, 0.2) is 54.6 Å². The molecule has 3 nitrogen and oxygen atoms in total. The maximum Gasteiger partial charge on any atom is 0.223 e. The molecule has 1 amide bonds. The van der Waals surface area contributed by atoms with E-state index in [9.17, 15) is 4.79 Å². The molecule has 1 fully saturated rings. The second-order valence-electron chi connectivity index (χ2n) is 6.14. The minimum Gasteiger partial charge on any atom is -0.378 e. The zero-order valence-electron chi connectivity index (χ0n) is 12.5. The summed E-state index contributed by atoms with van der Waals surface area (Å²) in [6, 6.07) is 19.4. The minimum absolute atomic E-state index is 0.192. The first kappa shape index (κ1) is 13.4. The zero-order chi connectivity index (χ0) is 14.9. The number of carbonyl (C=O) groups excluding carboxylic acids is 1. The largest absolute Gasteiger partial charge is 0.378 e. The summed E-state index contributed by atoms with van der Waals surface area (Å²) in [6.07, 6.45) is 2.62. The molecule has 2 atom stereocenters. The lowest BCUT2D eigenvalue weighted by molar-refractivity contribution is -0.130. The Kier molecular flexibility index (Phi) is 3.34. The molecule has 2 aliphatic heterocycles. The summed E-state index contributed by atoms with van der Waals surface area (Å²) < 4.78 is 0. The molecule has 2 heterocycles. The van der Waals surface area contributed by atoms with Crippen molar-refractivity contribution >= 4 is 11.6 Å². The van der Waals surface area contributed by atoms with E-state index in [1.54, 1.807) is 0 Å². The fourth-order valence-electron chi connectivity index (χ4n) is 3.71. The van der Waals surface area contributed by atoms with Crippen LogP contribution in [-0.4, -0.2) is 17.4 Å². The van der Waals surface area contributed by atoms with Crippen LogP contribution in [0.3, 0.4) is 0 Å². The second kappa shape index (κ2) is 5.48. The molecular formula is C19H20N2O. The maximum atomic E-state index is 12.2. The predicted octanol–water partition coefficient (Wildman–Crippen LogP) is 3.91. The van der Waals surface area contributed by atoms with E-state index in [0.717, 1.165) is 25.1 Å². The number of hydrogen-bond acceptors (Lipinski definition) is 2. The van der Waals surface area contributed by atoms with Gasteiger partial charge in [0.25, 0.3) is 0 Å². The summed E-state index contributed by atoms with van der Waals surface area (Å²) in [4.78, 5) is 14.3. The Labute approximate surface area is 131 Å². The molecule has 22 heavy (non-hydrogen) atoms. The van der Waals surface area contributed by atoms with E-state index < -0.39 is 0 Å². The molecule has 0 spiro atoms. The molecule has 4 rings (SSSR count). The van der Waals surface area contributed by atoms with Gasteiger partial charge in [0.2, 0.25) is 5.91 Å². The van der Waals surface area contributed by atoms with Crippen molar-refractivity contribution in [2.24, 2.45) is 0 Å². The lowest BCUT2D eigenvalue weighted by Crippen LogP contribution is -2.35. The number of fused-ring (bicyclic) bond motifs is 1. The van der Waals surface area contributed by atoms with Gasteiger partial charge in [0.1, 0.15) is 0 Å². The molecule has 3 heteroatoms. The van der Waals surface area contributed by atoms with Gasteiger partial charge in [0.05, 0.1) is 12.1 Å². The van der Waals surface area contributed by atoms with Gasteiger partial charge in [-0.1, -0.05) is 48.5 Å². The van der Waals surface area contributed by atoms with Crippen LogP contribution >= 0.6 is 0 Å². The predicted molar refractivity (Wildman–Crippen MR) is 87.6 cm³/mol. The van der Waals surface area contributed by atoms with Gasteiger partial charge in [0.15, 0.2) is 0 Å². The van der Waals surface area contributed by atoms with Crippen LogP contribution in [0.5, 0.6) is 0 Å². The Morgan fingerprint density at radius 1 is 1.00 bits per heavy atom. The van der Waals surface area contributed by atoms with Gasteiger partial charge in [-0.05, 0) is 30.0 Å². The highest BCUT2D eigenvalue weighted by Gasteiger charge is 2.35. The Bertz CT molecular complexity index is 683. The first-order chi connectivity index (χ1) is 10.8. The van der Waals surface area contributed by atoms with Crippen molar-refractivity contribution in [3.63, 3.8) is 0 Å². The third-order valence-electron chi connectivity index (χ3n) is 4.80.